The molecule has 7 heteroatoms. The van der Waals surface area contributed by atoms with Crippen LogP contribution in [0.4, 0.5) is 5.82 Å². The van der Waals surface area contributed by atoms with Gasteiger partial charge in [-0.3, -0.25) is 9.78 Å². The minimum absolute atomic E-state index is 0.0441. The van der Waals surface area contributed by atoms with Gasteiger partial charge in [0.1, 0.15) is 12.1 Å². The first-order valence-electron chi connectivity index (χ1n) is 8.03. The van der Waals surface area contributed by atoms with Crippen molar-refractivity contribution in [1.29, 1.82) is 0 Å². The SMILES string of the molecule is COc1cc(N2C[C@@H]3CN(Cc4cccnc4)C(=O)[C@@H]3C2)ncn1. The number of ether oxygens (including phenoxy) is 1. The largest absolute Gasteiger partial charge is 0.481 e. The Morgan fingerprint density at radius 1 is 1.29 bits per heavy atom. The van der Waals surface area contributed by atoms with E-state index < -0.39 is 0 Å². The minimum atomic E-state index is 0.0441. The van der Waals surface area contributed by atoms with Crippen molar-refractivity contribution < 1.29 is 9.53 Å². The highest BCUT2D eigenvalue weighted by molar-refractivity contribution is 5.83. The predicted octanol–water partition coefficient (Wildman–Crippen LogP) is 0.975. The minimum Gasteiger partial charge on any atom is -0.481 e. The molecule has 4 rings (SSSR count). The highest BCUT2D eigenvalue weighted by Crippen LogP contribution is 2.35. The number of nitrogens with zero attached hydrogens (tertiary/aromatic N) is 5. The molecule has 0 bridgehead atoms. The van der Waals surface area contributed by atoms with Crippen LogP contribution < -0.4 is 9.64 Å². The quantitative estimate of drug-likeness (QED) is 0.834. The highest BCUT2D eigenvalue weighted by atomic mass is 16.5. The first-order chi connectivity index (χ1) is 11.7. The number of methoxy groups -OCH3 is 1. The molecule has 2 aromatic heterocycles. The molecule has 2 fully saturated rings. The summed E-state index contributed by atoms with van der Waals surface area (Å²) in [6.07, 6.45) is 5.07. The molecule has 0 saturated carbocycles. The molecule has 0 radical (unpaired) electrons. The van der Waals surface area contributed by atoms with Crippen molar-refractivity contribution in [3.8, 4) is 5.88 Å². The summed E-state index contributed by atoms with van der Waals surface area (Å²) in [6.45, 7) is 2.96. The van der Waals surface area contributed by atoms with Crippen LogP contribution in [0, 0.1) is 11.8 Å². The molecule has 4 heterocycles. The second-order valence-electron chi connectivity index (χ2n) is 6.27. The first-order valence-corrected chi connectivity index (χ1v) is 8.03. The Bertz CT molecular complexity index is 739. The van der Waals surface area contributed by atoms with Crippen LogP contribution in [0.15, 0.2) is 36.9 Å². The highest BCUT2D eigenvalue weighted by Gasteiger charge is 2.46. The number of anilines is 1. The number of hydrogen-bond donors (Lipinski definition) is 0. The molecule has 2 saturated heterocycles. The monoisotopic (exact) mass is 325 g/mol. The lowest BCUT2D eigenvalue weighted by molar-refractivity contribution is -0.131. The first kappa shape index (κ1) is 14.9. The van der Waals surface area contributed by atoms with Gasteiger partial charge in [0.2, 0.25) is 11.8 Å². The van der Waals surface area contributed by atoms with Crippen LogP contribution in [-0.2, 0) is 11.3 Å². The summed E-state index contributed by atoms with van der Waals surface area (Å²) in [6, 6.07) is 5.73. The van der Waals surface area contributed by atoms with Crippen LogP contribution in [0.25, 0.3) is 0 Å². The summed E-state index contributed by atoms with van der Waals surface area (Å²) >= 11 is 0. The number of carbonyl (C=O) groups excluding carboxylic acids is 1. The molecule has 0 spiro atoms. The van der Waals surface area contributed by atoms with Crippen molar-refractivity contribution in [2.45, 2.75) is 6.54 Å². The number of carbonyl (C=O) groups is 1. The smallest absolute Gasteiger partial charge is 0.228 e. The predicted molar refractivity (Wildman–Crippen MR) is 87.4 cm³/mol. The lowest BCUT2D eigenvalue weighted by Crippen LogP contribution is -2.32. The molecular weight excluding hydrogens is 306 g/mol. The Balaban J connectivity index is 1.44. The molecule has 2 aliphatic rings. The van der Waals surface area contributed by atoms with Crippen LogP contribution in [0.5, 0.6) is 5.88 Å². The van der Waals surface area contributed by atoms with E-state index in [0.29, 0.717) is 24.9 Å². The summed E-state index contributed by atoms with van der Waals surface area (Å²) in [5, 5.41) is 0. The lowest BCUT2D eigenvalue weighted by atomic mass is 10.0. The van der Waals surface area contributed by atoms with Gasteiger partial charge in [0.15, 0.2) is 0 Å². The fourth-order valence-corrected chi connectivity index (χ4v) is 3.60. The van der Waals surface area contributed by atoms with E-state index in [1.165, 1.54) is 6.33 Å². The molecule has 1 amide bonds. The average Bonchev–Trinajstić information content (AvgIpc) is 3.16. The van der Waals surface area contributed by atoms with Crippen LogP contribution in [-0.4, -0.2) is 52.5 Å². The van der Waals surface area contributed by atoms with E-state index >= 15 is 0 Å². The summed E-state index contributed by atoms with van der Waals surface area (Å²) < 4.78 is 5.15. The fraction of sp³-hybridized carbons (Fsp3) is 0.412. The van der Waals surface area contributed by atoms with E-state index in [1.54, 1.807) is 13.3 Å². The van der Waals surface area contributed by atoms with Crippen molar-refractivity contribution in [2.24, 2.45) is 11.8 Å². The lowest BCUT2D eigenvalue weighted by Gasteiger charge is -2.22. The normalized spacial score (nSPS) is 22.8. The number of hydrogen-bond acceptors (Lipinski definition) is 6. The van der Waals surface area contributed by atoms with E-state index in [-0.39, 0.29) is 11.8 Å². The third-order valence-electron chi connectivity index (χ3n) is 4.78. The third kappa shape index (κ3) is 2.66. The second-order valence-corrected chi connectivity index (χ2v) is 6.27. The maximum Gasteiger partial charge on any atom is 0.228 e. The molecule has 0 N–H and O–H groups in total. The summed E-state index contributed by atoms with van der Waals surface area (Å²) in [5.41, 5.74) is 1.07. The number of rotatable bonds is 4. The zero-order valence-electron chi connectivity index (χ0n) is 13.5. The third-order valence-corrected chi connectivity index (χ3v) is 4.78. The van der Waals surface area contributed by atoms with Gasteiger partial charge < -0.3 is 14.5 Å². The summed E-state index contributed by atoms with van der Waals surface area (Å²) in [5.74, 6) is 1.98. The molecule has 2 aliphatic heterocycles. The van der Waals surface area contributed by atoms with Gasteiger partial charge in [0.05, 0.1) is 13.0 Å². The van der Waals surface area contributed by atoms with Crippen molar-refractivity contribution in [1.82, 2.24) is 19.9 Å². The van der Waals surface area contributed by atoms with Gasteiger partial charge >= 0.3 is 0 Å². The zero-order valence-corrected chi connectivity index (χ0v) is 13.5. The van der Waals surface area contributed by atoms with Crippen LogP contribution in [0.1, 0.15) is 5.56 Å². The van der Waals surface area contributed by atoms with Crippen molar-refractivity contribution in [2.75, 3.05) is 31.6 Å². The second kappa shape index (κ2) is 6.07. The Hall–Kier alpha value is -2.70. The fourth-order valence-electron chi connectivity index (χ4n) is 3.60. The topological polar surface area (TPSA) is 71.5 Å². The molecule has 0 aromatic carbocycles. The number of fused-ring (bicyclic) bond motifs is 1. The number of aromatic nitrogens is 3. The Labute approximate surface area is 140 Å². The Morgan fingerprint density at radius 2 is 2.21 bits per heavy atom. The van der Waals surface area contributed by atoms with Gasteiger partial charge in [0, 0.05) is 50.6 Å². The number of pyridine rings is 1. The Kier molecular flexibility index (Phi) is 3.76. The van der Waals surface area contributed by atoms with E-state index in [4.69, 9.17) is 4.74 Å². The van der Waals surface area contributed by atoms with Crippen molar-refractivity contribution >= 4 is 11.7 Å². The maximum absolute atomic E-state index is 12.7. The van der Waals surface area contributed by atoms with Crippen molar-refractivity contribution in [3.63, 3.8) is 0 Å². The van der Waals surface area contributed by atoms with Crippen LogP contribution in [0.3, 0.4) is 0 Å². The summed E-state index contributed by atoms with van der Waals surface area (Å²) in [7, 11) is 1.59. The molecule has 124 valence electrons. The van der Waals surface area contributed by atoms with Gasteiger partial charge in [-0.25, -0.2) is 9.97 Å². The van der Waals surface area contributed by atoms with Crippen LogP contribution >= 0.6 is 0 Å². The number of likely N-dealkylation sites (tertiary alicyclic amines) is 1. The standard InChI is InChI=1S/C17H19N5O2/c1-24-16-5-15(19-11-20-16)21-8-13-9-22(17(23)14(13)10-21)7-12-3-2-4-18-6-12/h2-6,11,13-14H,7-10H2,1H3/t13-,14-/m1/s1. The van der Waals surface area contributed by atoms with E-state index in [0.717, 1.165) is 24.5 Å². The van der Waals surface area contributed by atoms with E-state index in [1.807, 2.05) is 29.3 Å². The van der Waals surface area contributed by atoms with Crippen molar-refractivity contribution in [3.05, 3.63) is 42.5 Å². The Morgan fingerprint density at radius 3 is 2.96 bits per heavy atom. The molecule has 0 unspecified atom stereocenters. The van der Waals surface area contributed by atoms with E-state index in [2.05, 4.69) is 19.9 Å². The van der Waals surface area contributed by atoms with Crippen LogP contribution in [0.2, 0.25) is 0 Å². The molecule has 24 heavy (non-hydrogen) atoms. The molecule has 7 nitrogen and oxygen atoms in total. The maximum atomic E-state index is 12.7. The van der Waals surface area contributed by atoms with Gasteiger partial charge in [-0.1, -0.05) is 6.07 Å². The number of amides is 1. The average molecular weight is 325 g/mol. The molecular formula is C17H19N5O2. The van der Waals surface area contributed by atoms with Gasteiger partial charge in [-0.15, -0.1) is 0 Å². The molecule has 0 aliphatic carbocycles. The van der Waals surface area contributed by atoms with Gasteiger partial charge in [0.25, 0.3) is 0 Å². The zero-order chi connectivity index (χ0) is 16.5. The molecule has 2 aromatic rings. The molecule has 2 atom stereocenters. The van der Waals surface area contributed by atoms with Gasteiger partial charge in [-0.05, 0) is 11.6 Å². The summed E-state index contributed by atoms with van der Waals surface area (Å²) in [4.78, 5) is 29.3. The van der Waals surface area contributed by atoms with Gasteiger partial charge in [-0.2, -0.15) is 0 Å². The van der Waals surface area contributed by atoms with E-state index in [9.17, 15) is 4.79 Å².